The summed E-state index contributed by atoms with van der Waals surface area (Å²) in [5.41, 5.74) is 6.48. The van der Waals surface area contributed by atoms with Crippen LogP contribution in [-0.4, -0.2) is 10.4 Å². The highest BCUT2D eigenvalue weighted by Crippen LogP contribution is 2.72. The lowest BCUT2D eigenvalue weighted by Crippen LogP contribution is -2.40. The summed E-state index contributed by atoms with van der Waals surface area (Å²) in [7, 11) is 0. The van der Waals surface area contributed by atoms with Crippen LogP contribution in [0.25, 0.3) is 0 Å². The predicted octanol–water partition coefficient (Wildman–Crippen LogP) is 2.94. The Bertz CT molecular complexity index is 225. The van der Waals surface area contributed by atoms with Crippen molar-refractivity contribution in [3.8, 4) is 0 Å². The third-order valence-electron chi connectivity index (χ3n) is 4.14. The van der Waals surface area contributed by atoms with Crippen LogP contribution in [0.5, 0.6) is 0 Å². The van der Waals surface area contributed by atoms with E-state index in [4.69, 9.17) is 17.3 Å². The standard InChI is InChI=1S/C10H18ClN.ClH/c1-8(2)7-6-9(3,12)4-5-10(7,8)11;/h7H,4-6,12H2,1-3H3;1H/t7-,9?,10?;/m1./s1. The molecule has 0 bridgehead atoms. The molecule has 2 fully saturated rings. The molecule has 0 aliphatic heterocycles. The fourth-order valence-corrected chi connectivity index (χ4v) is 3.38. The minimum atomic E-state index is 0. The largest absolute Gasteiger partial charge is 0.325 e. The molecule has 0 aromatic carbocycles. The third-order valence-corrected chi connectivity index (χ3v) is 5.08. The lowest BCUT2D eigenvalue weighted by molar-refractivity contribution is 0.316. The first-order chi connectivity index (χ1) is 5.30. The van der Waals surface area contributed by atoms with E-state index in [1.807, 2.05) is 0 Å². The van der Waals surface area contributed by atoms with E-state index in [0.29, 0.717) is 11.3 Å². The maximum atomic E-state index is 6.51. The Hall–Kier alpha value is 0.540. The van der Waals surface area contributed by atoms with E-state index >= 15 is 0 Å². The van der Waals surface area contributed by atoms with E-state index in [0.717, 1.165) is 19.3 Å². The SMILES string of the molecule is CC1(N)CCC2(Cl)[C@H](C1)C2(C)C.Cl. The molecule has 0 aromatic rings. The van der Waals surface area contributed by atoms with Gasteiger partial charge in [0.05, 0.1) is 4.87 Å². The van der Waals surface area contributed by atoms with E-state index in [1.165, 1.54) is 0 Å². The monoisotopic (exact) mass is 223 g/mol. The molecule has 78 valence electrons. The molecule has 0 aromatic heterocycles. The molecule has 2 saturated carbocycles. The molecule has 2 rings (SSSR count). The van der Waals surface area contributed by atoms with Gasteiger partial charge in [-0.05, 0) is 37.5 Å². The quantitative estimate of drug-likeness (QED) is 0.629. The molecule has 13 heavy (non-hydrogen) atoms. The van der Waals surface area contributed by atoms with Crippen molar-refractivity contribution in [3.05, 3.63) is 0 Å². The van der Waals surface area contributed by atoms with Gasteiger partial charge in [0.2, 0.25) is 0 Å². The Morgan fingerprint density at radius 1 is 1.23 bits per heavy atom. The smallest absolute Gasteiger partial charge is 0.0536 e. The molecule has 0 radical (unpaired) electrons. The molecule has 3 heteroatoms. The highest BCUT2D eigenvalue weighted by molar-refractivity contribution is 6.27. The van der Waals surface area contributed by atoms with Crippen molar-refractivity contribution >= 4 is 24.0 Å². The molecule has 0 amide bonds. The zero-order chi connectivity index (χ0) is 9.20. The number of hydrogen-bond acceptors (Lipinski definition) is 1. The first kappa shape index (κ1) is 11.6. The van der Waals surface area contributed by atoms with Gasteiger partial charge in [0.1, 0.15) is 0 Å². The van der Waals surface area contributed by atoms with Gasteiger partial charge in [0, 0.05) is 5.54 Å². The van der Waals surface area contributed by atoms with Crippen LogP contribution in [0, 0.1) is 11.3 Å². The Morgan fingerprint density at radius 2 is 1.77 bits per heavy atom. The van der Waals surface area contributed by atoms with Crippen molar-refractivity contribution in [2.45, 2.75) is 50.4 Å². The van der Waals surface area contributed by atoms with Gasteiger partial charge in [-0.15, -0.1) is 24.0 Å². The minimum Gasteiger partial charge on any atom is -0.325 e. The van der Waals surface area contributed by atoms with E-state index < -0.39 is 0 Å². The molecule has 3 atom stereocenters. The lowest BCUT2D eigenvalue weighted by atomic mass is 9.84. The average Bonchev–Trinajstić information content (AvgIpc) is 2.32. The van der Waals surface area contributed by atoms with Crippen molar-refractivity contribution in [2.24, 2.45) is 17.1 Å². The fraction of sp³-hybridized carbons (Fsp3) is 1.00. The molecule has 0 spiro atoms. The molecule has 2 unspecified atom stereocenters. The molecular formula is C10H19Cl2N. The molecule has 1 nitrogen and oxygen atoms in total. The van der Waals surface area contributed by atoms with Crippen LogP contribution in [0.3, 0.4) is 0 Å². The second-order valence-electron chi connectivity index (χ2n) is 5.49. The Labute approximate surface area is 91.8 Å². The number of rotatable bonds is 0. The molecule has 2 N–H and O–H groups in total. The Morgan fingerprint density at radius 3 is 2.15 bits per heavy atom. The van der Waals surface area contributed by atoms with Crippen LogP contribution >= 0.6 is 24.0 Å². The average molecular weight is 224 g/mol. The summed E-state index contributed by atoms with van der Waals surface area (Å²) in [5.74, 6) is 0.649. The lowest BCUT2D eigenvalue weighted by Gasteiger charge is -2.30. The summed E-state index contributed by atoms with van der Waals surface area (Å²) in [6, 6.07) is 0. The van der Waals surface area contributed by atoms with Gasteiger partial charge >= 0.3 is 0 Å². The summed E-state index contributed by atoms with van der Waals surface area (Å²) in [6.45, 7) is 6.69. The molecule has 0 heterocycles. The predicted molar refractivity (Wildman–Crippen MR) is 59.5 cm³/mol. The van der Waals surface area contributed by atoms with Crippen LogP contribution in [0.2, 0.25) is 0 Å². The van der Waals surface area contributed by atoms with E-state index in [9.17, 15) is 0 Å². The second kappa shape index (κ2) is 2.77. The van der Waals surface area contributed by atoms with Gasteiger partial charge in [0.15, 0.2) is 0 Å². The Kier molecular flexibility index (Phi) is 2.48. The first-order valence-corrected chi connectivity index (χ1v) is 5.15. The minimum absolute atomic E-state index is 0. The molecule has 2 aliphatic rings. The highest BCUT2D eigenvalue weighted by Gasteiger charge is 2.72. The number of nitrogens with two attached hydrogens (primary N) is 1. The maximum Gasteiger partial charge on any atom is 0.0536 e. The second-order valence-corrected chi connectivity index (χ2v) is 6.17. The maximum absolute atomic E-state index is 6.51. The van der Waals surface area contributed by atoms with Crippen molar-refractivity contribution in [1.29, 1.82) is 0 Å². The number of fused-ring (bicyclic) bond motifs is 1. The van der Waals surface area contributed by atoms with Gasteiger partial charge in [-0.25, -0.2) is 0 Å². The normalized spacial score (nSPS) is 51.9. The van der Waals surface area contributed by atoms with Gasteiger partial charge in [-0.3, -0.25) is 0 Å². The van der Waals surface area contributed by atoms with Crippen LogP contribution in [-0.2, 0) is 0 Å². The first-order valence-electron chi connectivity index (χ1n) is 4.77. The Balaban J connectivity index is 0.000000845. The summed E-state index contributed by atoms with van der Waals surface area (Å²) in [6.07, 6.45) is 3.28. The van der Waals surface area contributed by atoms with Gasteiger partial charge in [-0.2, -0.15) is 0 Å². The van der Waals surface area contributed by atoms with Crippen LogP contribution < -0.4 is 5.73 Å². The zero-order valence-corrected chi connectivity index (χ0v) is 10.1. The van der Waals surface area contributed by atoms with E-state index in [1.54, 1.807) is 0 Å². The van der Waals surface area contributed by atoms with Crippen LogP contribution in [0.1, 0.15) is 40.0 Å². The zero-order valence-electron chi connectivity index (χ0n) is 8.56. The van der Waals surface area contributed by atoms with Gasteiger partial charge in [0.25, 0.3) is 0 Å². The number of hydrogen-bond donors (Lipinski definition) is 1. The van der Waals surface area contributed by atoms with Crippen molar-refractivity contribution in [1.82, 2.24) is 0 Å². The summed E-state index contributed by atoms with van der Waals surface area (Å²) < 4.78 is 0. The van der Waals surface area contributed by atoms with Gasteiger partial charge in [-0.1, -0.05) is 13.8 Å². The summed E-state index contributed by atoms with van der Waals surface area (Å²) in [4.78, 5) is 0.0892. The van der Waals surface area contributed by atoms with Crippen LogP contribution in [0.15, 0.2) is 0 Å². The van der Waals surface area contributed by atoms with Gasteiger partial charge < -0.3 is 5.73 Å². The molecular weight excluding hydrogens is 205 g/mol. The fourth-order valence-electron chi connectivity index (χ4n) is 2.86. The molecule has 2 aliphatic carbocycles. The third kappa shape index (κ3) is 1.40. The van der Waals surface area contributed by atoms with Crippen molar-refractivity contribution < 1.29 is 0 Å². The number of halogens is 2. The molecule has 0 saturated heterocycles. The topological polar surface area (TPSA) is 26.0 Å². The highest BCUT2D eigenvalue weighted by atomic mass is 35.5. The summed E-state index contributed by atoms with van der Waals surface area (Å²) >= 11 is 6.51. The van der Waals surface area contributed by atoms with Crippen LogP contribution in [0.4, 0.5) is 0 Å². The van der Waals surface area contributed by atoms with E-state index in [-0.39, 0.29) is 22.8 Å². The number of alkyl halides is 1. The van der Waals surface area contributed by atoms with Crippen molar-refractivity contribution in [2.75, 3.05) is 0 Å². The van der Waals surface area contributed by atoms with E-state index in [2.05, 4.69) is 20.8 Å². The van der Waals surface area contributed by atoms with Crippen molar-refractivity contribution in [3.63, 3.8) is 0 Å². The summed E-state index contributed by atoms with van der Waals surface area (Å²) in [5, 5.41) is 0.